The molecule has 2 atom stereocenters. The molecule has 0 amide bonds. The van der Waals surface area contributed by atoms with Crippen LogP contribution in [-0.2, 0) is 16.0 Å². The van der Waals surface area contributed by atoms with Crippen LogP contribution in [0.2, 0.25) is 0 Å². The maximum atomic E-state index is 5.46. The van der Waals surface area contributed by atoms with Crippen LogP contribution < -0.4 is 4.74 Å². The summed E-state index contributed by atoms with van der Waals surface area (Å²) in [5.41, 5.74) is 1.17. The van der Waals surface area contributed by atoms with Crippen LogP contribution in [0.5, 0.6) is 5.75 Å². The normalized spacial score (nSPS) is 23.8. The highest BCUT2D eigenvalue weighted by atomic mass is 79.9. The fraction of sp³-hybridized carbons (Fsp3) is 0.571. The molecule has 4 nitrogen and oxygen atoms in total. The molecule has 0 spiro atoms. The zero-order chi connectivity index (χ0) is 13.8. The summed E-state index contributed by atoms with van der Waals surface area (Å²) < 4.78 is 17.4. The molecule has 0 N–H and O–H groups in total. The number of rotatable bonds is 5. The maximum absolute atomic E-state index is 5.46. The van der Waals surface area contributed by atoms with Crippen molar-refractivity contribution in [1.82, 2.24) is 4.90 Å². The summed E-state index contributed by atoms with van der Waals surface area (Å²) in [6.45, 7) is 2.59. The Labute approximate surface area is 122 Å². The van der Waals surface area contributed by atoms with E-state index in [4.69, 9.17) is 14.2 Å². The van der Waals surface area contributed by atoms with Gasteiger partial charge in [-0.1, -0.05) is 15.9 Å². The number of methoxy groups -OCH3 is 3. The molecule has 1 aromatic carbocycles. The molecule has 1 aliphatic rings. The van der Waals surface area contributed by atoms with Gasteiger partial charge in [-0.15, -0.1) is 0 Å². The Hall–Kier alpha value is -0.620. The Balaban J connectivity index is 2.08. The fourth-order valence-electron chi connectivity index (χ4n) is 2.51. The van der Waals surface area contributed by atoms with E-state index in [9.17, 15) is 0 Å². The van der Waals surface area contributed by atoms with Crippen LogP contribution in [0.25, 0.3) is 0 Å². The van der Waals surface area contributed by atoms with Gasteiger partial charge in [-0.05, 0) is 18.2 Å². The van der Waals surface area contributed by atoms with Gasteiger partial charge in [0.25, 0.3) is 0 Å². The van der Waals surface area contributed by atoms with Crippen LogP contribution in [0, 0.1) is 0 Å². The Kier molecular flexibility index (Phi) is 5.21. The molecule has 0 saturated carbocycles. The van der Waals surface area contributed by atoms with Gasteiger partial charge in [-0.25, -0.2) is 0 Å². The van der Waals surface area contributed by atoms with Gasteiger partial charge in [0.2, 0.25) is 0 Å². The van der Waals surface area contributed by atoms with Gasteiger partial charge < -0.3 is 14.2 Å². The van der Waals surface area contributed by atoms with E-state index in [1.165, 1.54) is 5.56 Å². The van der Waals surface area contributed by atoms with E-state index in [0.717, 1.165) is 29.9 Å². The molecule has 2 rings (SSSR count). The van der Waals surface area contributed by atoms with E-state index in [2.05, 4.69) is 26.9 Å². The Morgan fingerprint density at radius 3 is 2.32 bits per heavy atom. The second kappa shape index (κ2) is 6.70. The molecule has 2 unspecified atom stereocenters. The van der Waals surface area contributed by atoms with Crippen molar-refractivity contribution in [2.45, 2.75) is 18.8 Å². The minimum atomic E-state index is 0.142. The molecule has 1 saturated heterocycles. The molecule has 0 bridgehead atoms. The molecule has 1 heterocycles. The first-order valence-corrected chi connectivity index (χ1v) is 7.07. The van der Waals surface area contributed by atoms with Crippen molar-refractivity contribution in [3.63, 3.8) is 0 Å². The van der Waals surface area contributed by atoms with Crippen LogP contribution >= 0.6 is 15.9 Å². The van der Waals surface area contributed by atoms with E-state index < -0.39 is 0 Å². The van der Waals surface area contributed by atoms with E-state index in [-0.39, 0.29) is 12.2 Å². The van der Waals surface area contributed by atoms with Gasteiger partial charge in [0, 0.05) is 43.9 Å². The number of benzene rings is 1. The van der Waals surface area contributed by atoms with E-state index >= 15 is 0 Å². The van der Waals surface area contributed by atoms with Crippen LogP contribution in [0.3, 0.4) is 0 Å². The first kappa shape index (κ1) is 14.8. The topological polar surface area (TPSA) is 30.9 Å². The molecule has 0 aliphatic carbocycles. The average molecular weight is 330 g/mol. The lowest BCUT2D eigenvalue weighted by Crippen LogP contribution is -2.27. The van der Waals surface area contributed by atoms with Gasteiger partial charge in [0.05, 0.1) is 19.3 Å². The van der Waals surface area contributed by atoms with Gasteiger partial charge in [0.1, 0.15) is 5.75 Å². The van der Waals surface area contributed by atoms with Crippen LogP contribution in [0.4, 0.5) is 0 Å². The lowest BCUT2D eigenvalue weighted by Gasteiger charge is -2.17. The highest BCUT2D eigenvalue weighted by Crippen LogP contribution is 2.26. The van der Waals surface area contributed by atoms with Crippen molar-refractivity contribution >= 4 is 15.9 Å². The number of hydrogen-bond acceptors (Lipinski definition) is 4. The minimum absolute atomic E-state index is 0.142. The quantitative estimate of drug-likeness (QED) is 0.829. The maximum Gasteiger partial charge on any atom is 0.123 e. The van der Waals surface area contributed by atoms with Crippen molar-refractivity contribution in [2.75, 3.05) is 34.4 Å². The van der Waals surface area contributed by atoms with Crippen molar-refractivity contribution in [2.24, 2.45) is 0 Å². The molecule has 5 heteroatoms. The van der Waals surface area contributed by atoms with Crippen molar-refractivity contribution in [1.29, 1.82) is 0 Å². The Bertz CT molecular complexity index is 415. The summed E-state index contributed by atoms with van der Waals surface area (Å²) in [6.07, 6.45) is 0.284. The molecule has 19 heavy (non-hydrogen) atoms. The van der Waals surface area contributed by atoms with Crippen LogP contribution in [-0.4, -0.2) is 51.5 Å². The van der Waals surface area contributed by atoms with Crippen LogP contribution in [0.1, 0.15) is 5.56 Å². The van der Waals surface area contributed by atoms with Crippen molar-refractivity contribution in [3.8, 4) is 5.75 Å². The molecular weight excluding hydrogens is 310 g/mol. The molecule has 1 fully saturated rings. The second-order valence-electron chi connectivity index (χ2n) is 4.70. The third kappa shape index (κ3) is 3.48. The third-order valence-electron chi connectivity index (χ3n) is 3.53. The standard InChI is InChI=1S/C14H20BrNO3/c1-17-12-5-4-11(15)6-10(12)7-16-8-13(18-2)14(9-16)19-3/h4-6,13-14H,7-9H2,1-3H3. The van der Waals surface area contributed by atoms with E-state index in [1.54, 1.807) is 21.3 Å². The number of hydrogen-bond donors (Lipinski definition) is 0. The molecule has 0 radical (unpaired) electrons. The highest BCUT2D eigenvalue weighted by Gasteiger charge is 2.33. The first-order chi connectivity index (χ1) is 9.17. The Morgan fingerprint density at radius 1 is 1.16 bits per heavy atom. The first-order valence-electron chi connectivity index (χ1n) is 6.28. The summed E-state index contributed by atoms with van der Waals surface area (Å²) in [5.74, 6) is 0.915. The van der Waals surface area contributed by atoms with Gasteiger partial charge in [-0.2, -0.15) is 0 Å². The summed E-state index contributed by atoms with van der Waals surface area (Å²) in [7, 11) is 5.17. The predicted molar refractivity (Wildman–Crippen MR) is 77.6 cm³/mol. The fourth-order valence-corrected chi connectivity index (χ4v) is 2.92. The highest BCUT2D eigenvalue weighted by molar-refractivity contribution is 9.10. The smallest absolute Gasteiger partial charge is 0.123 e. The monoisotopic (exact) mass is 329 g/mol. The zero-order valence-electron chi connectivity index (χ0n) is 11.6. The van der Waals surface area contributed by atoms with E-state index in [1.807, 2.05) is 12.1 Å². The summed E-state index contributed by atoms with van der Waals surface area (Å²) in [4.78, 5) is 2.33. The summed E-state index contributed by atoms with van der Waals surface area (Å²) in [6, 6.07) is 6.07. The largest absolute Gasteiger partial charge is 0.496 e. The van der Waals surface area contributed by atoms with Gasteiger partial charge in [0.15, 0.2) is 0 Å². The second-order valence-corrected chi connectivity index (χ2v) is 5.61. The summed E-state index contributed by atoms with van der Waals surface area (Å²) >= 11 is 3.50. The average Bonchev–Trinajstić information content (AvgIpc) is 2.81. The lowest BCUT2D eigenvalue weighted by atomic mass is 10.2. The Morgan fingerprint density at radius 2 is 1.79 bits per heavy atom. The third-order valence-corrected chi connectivity index (χ3v) is 4.03. The van der Waals surface area contributed by atoms with Crippen LogP contribution in [0.15, 0.2) is 22.7 Å². The number of likely N-dealkylation sites (tertiary alicyclic amines) is 1. The number of ether oxygens (including phenoxy) is 3. The zero-order valence-corrected chi connectivity index (χ0v) is 13.1. The number of nitrogens with zero attached hydrogens (tertiary/aromatic N) is 1. The van der Waals surface area contributed by atoms with Crippen molar-refractivity contribution in [3.05, 3.63) is 28.2 Å². The molecule has 1 aromatic rings. The van der Waals surface area contributed by atoms with Gasteiger partial charge in [-0.3, -0.25) is 4.90 Å². The van der Waals surface area contributed by atoms with Crippen molar-refractivity contribution < 1.29 is 14.2 Å². The van der Waals surface area contributed by atoms with Gasteiger partial charge >= 0.3 is 0 Å². The minimum Gasteiger partial charge on any atom is -0.496 e. The predicted octanol–water partition coefficient (Wildman–Crippen LogP) is 2.30. The SMILES string of the molecule is COc1ccc(Br)cc1CN1CC(OC)C(OC)C1. The van der Waals surface area contributed by atoms with E-state index in [0.29, 0.717) is 0 Å². The molecule has 1 aliphatic heterocycles. The molecule has 106 valence electrons. The molecule has 0 aromatic heterocycles. The number of halogens is 1. The lowest BCUT2D eigenvalue weighted by molar-refractivity contribution is -0.00461. The molecular formula is C14H20BrNO3. The summed E-state index contributed by atoms with van der Waals surface area (Å²) in [5, 5.41) is 0.